The summed E-state index contributed by atoms with van der Waals surface area (Å²) in [7, 11) is 0. The van der Waals surface area contributed by atoms with Gasteiger partial charge in [0.1, 0.15) is 0 Å². The van der Waals surface area contributed by atoms with E-state index in [2.05, 4.69) is 20.1 Å². The lowest BCUT2D eigenvalue weighted by Gasteiger charge is -2.32. The summed E-state index contributed by atoms with van der Waals surface area (Å²) in [6, 6.07) is 0. The van der Waals surface area contributed by atoms with Crippen molar-refractivity contribution in [2.24, 2.45) is 11.8 Å². The highest BCUT2D eigenvalue weighted by Crippen LogP contribution is 2.38. The summed E-state index contributed by atoms with van der Waals surface area (Å²) < 4.78 is 0. The van der Waals surface area contributed by atoms with Crippen molar-refractivity contribution in [1.82, 2.24) is 0 Å². The molecule has 0 N–H and O–H groups in total. The Morgan fingerprint density at radius 2 is 2.18 bits per heavy atom. The molecule has 0 amide bonds. The van der Waals surface area contributed by atoms with Gasteiger partial charge in [-0.25, -0.2) is 0 Å². The lowest BCUT2D eigenvalue weighted by molar-refractivity contribution is -0.117. The van der Waals surface area contributed by atoms with Gasteiger partial charge >= 0.3 is 0 Å². The molecule has 0 aromatic carbocycles. The number of ketones is 1. The van der Waals surface area contributed by atoms with Crippen LogP contribution >= 0.6 is 0 Å². The first-order valence-electron chi connectivity index (χ1n) is 6.48. The molecule has 0 radical (unpaired) electrons. The molecule has 0 aliphatic heterocycles. The van der Waals surface area contributed by atoms with E-state index in [1.807, 2.05) is 19.9 Å². The van der Waals surface area contributed by atoms with E-state index in [1.165, 1.54) is 5.57 Å². The van der Waals surface area contributed by atoms with E-state index in [9.17, 15) is 4.79 Å². The fourth-order valence-corrected chi connectivity index (χ4v) is 2.75. The minimum atomic E-state index is 0.310. The average Bonchev–Trinajstić information content (AvgIpc) is 2.28. The Morgan fingerprint density at radius 3 is 2.71 bits per heavy atom. The second-order valence-corrected chi connectivity index (χ2v) is 5.20. The fraction of sp³-hybridized carbons (Fsp3) is 0.562. The van der Waals surface area contributed by atoms with Gasteiger partial charge in [-0.3, -0.25) is 4.79 Å². The van der Waals surface area contributed by atoms with Crippen molar-refractivity contribution in [2.45, 2.75) is 46.5 Å². The number of allylic oxidation sites excluding steroid dienone is 4. The molecular weight excluding hydrogens is 208 g/mol. The standard InChI is InChI=1S/C16H24O/c1-6-7-8-9-14-12(4)15(11(2)3)10-16(17)13(14)5/h6,12,15H,1-2,7-10H2,3-5H3/t12-,15+/m1/s1. The molecule has 1 aliphatic rings. The van der Waals surface area contributed by atoms with Crippen molar-refractivity contribution >= 4 is 5.78 Å². The molecule has 0 aromatic rings. The average molecular weight is 232 g/mol. The third-order valence-electron chi connectivity index (χ3n) is 3.95. The van der Waals surface area contributed by atoms with Crippen molar-refractivity contribution in [3.05, 3.63) is 36.0 Å². The number of Topliss-reactive ketones (excluding diaryl/α,β-unsaturated/α-hetero) is 1. The van der Waals surface area contributed by atoms with Crippen LogP contribution in [0.5, 0.6) is 0 Å². The lowest BCUT2D eigenvalue weighted by Crippen LogP contribution is -2.26. The van der Waals surface area contributed by atoms with E-state index in [1.54, 1.807) is 0 Å². The molecule has 0 saturated carbocycles. The number of unbranched alkanes of at least 4 members (excludes halogenated alkanes) is 1. The molecular formula is C16H24O. The maximum absolute atomic E-state index is 12.0. The van der Waals surface area contributed by atoms with Crippen molar-refractivity contribution in [3.63, 3.8) is 0 Å². The maximum atomic E-state index is 12.0. The third kappa shape index (κ3) is 3.18. The fourth-order valence-electron chi connectivity index (χ4n) is 2.75. The Morgan fingerprint density at radius 1 is 1.53 bits per heavy atom. The largest absolute Gasteiger partial charge is 0.295 e. The van der Waals surface area contributed by atoms with Crippen molar-refractivity contribution in [1.29, 1.82) is 0 Å². The molecule has 0 fully saturated rings. The smallest absolute Gasteiger partial charge is 0.159 e. The van der Waals surface area contributed by atoms with Gasteiger partial charge in [-0.2, -0.15) is 0 Å². The number of hydrogen-bond donors (Lipinski definition) is 0. The summed E-state index contributed by atoms with van der Waals surface area (Å²) in [6.07, 6.45) is 5.73. The number of carbonyl (C=O) groups excluding carboxylic acids is 1. The van der Waals surface area contributed by atoms with E-state index < -0.39 is 0 Å². The molecule has 0 bridgehead atoms. The molecule has 0 saturated heterocycles. The molecule has 2 atom stereocenters. The van der Waals surface area contributed by atoms with Crippen LogP contribution in [0.2, 0.25) is 0 Å². The third-order valence-corrected chi connectivity index (χ3v) is 3.95. The first kappa shape index (κ1) is 14.0. The SMILES string of the molecule is C=CCCCC1=C(C)C(=O)C[C@@H](C(=C)C)[C@@H]1C. The van der Waals surface area contributed by atoms with E-state index >= 15 is 0 Å². The van der Waals surface area contributed by atoms with E-state index in [4.69, 9.17) is 0 Å². The Labute approximate surface area is 105 Å². The molecule has 1 nitrogen and oxygen atoms in total. The van der Waals surface area contributed by atoms with Crippen molar-refractivity contribution in [3.8, 4) is 0 Å². The van der Waals surface area contributed by atoms with Gasteiger partial charge in [0.2, 0.25) is 0 Å². The topological polar surface area (TPSA) is 17.1 Å². The second kappa shape index (κ2) is 6.00. The summed E-state index contributed by atoms with van der Waals surface area (Å²) in [5, 5.41) is 0. The lowest BCUT2D eigenvalue weighted by atomic mass is 9.72. The molecule has 0 spiro atoms. The summed E-state index contributed by atoms with van der Waals surface area (Å²) in [5.41, 5.74) is 3.48. The van der Waals surface area contributed by atoms with Gasteiger partial charge < -0.3 is 0 Å². The van der Waals surface area contributed by atoms with Crippen LogP contribution < -0.4 is 0 Å². The van der Waals surface area contributed by atoms with Crippen molar-refractivity contribution < 1.29 is 4.79 Å². The molecule has 1 aliphatic carbocycles. The number of rotatable bonds is 5. The van der Waals surface area contributed by atoms with Crippen LogP contribution in [0.15, 0.2) is 36.0 Å². The minimum Gasteiger partial charge on any atom is -0.295 e. The van der Waals surface area contributed by atoms with E-state index in [0.717, 1.165) is 30.4 Å². The first-order chi connectivity index (χ1) is 7.99. The Hall–Kier alpha value is -1.11. The molecule has 0 unspecified atom stereocenters. The first-order valence-corrected chi connectivity index (χ1v) is 6.48. The van der Waals surface area contributed by atoms with E-state index in [-0.39, 0.29) is 0 Å². The molecule has 0 aromatic heterocycles. The molecule has 0 heterocycles. The normalized spacial score (nSPS) is 25.0. The second-order valence-electron chi connectivity index (χ2n) is 5.20. The van der Waals surface area contributed by atoms with Crippen molar-refractivity contribution in [2.75, 3.05) is 0 Å². The zero-order chi connectivity index (χ0) is 13.0. The van der Waals surface area contributed by atoms with Gasteiger partial charge in [0.15, 0.2) is 5.78 Å². The van der Waals surface area contributed by atoms with Gasteiger partial charge in [-0.05, 0) is 50.5 Å². The summed E-state index contributed by atoms with van der Waals surface area (Å²) in [6.45, 7) is 14.0. The highest BCUT2D eigenvalue weighted by molar-refractivity contribution is 5.97. The van der Waals surface area contributed by atoms with Gasteiger partial charge in [-0.1, -0.05) is 30.7 Å². The molecule has 1 heteroatoms. The van der Waals surface area contributed by atoms with E-state index in [0.29, 0.717) is 24.0 Å². The Kier molecular flexibility index (Phi) is 4.92. The summed E-state index contributed by atoms with van der Waals surface area (Å²) in [5.74, 6) is 1.12. The van der Waals surface area contributed by atoms with Crippen LogP contribution in [-0.4, -0.2) is 5.78 Å². The molecule has 17 heavy (non-hydrogen) atoms. The maximum Gasteiger partial charge on any atom is 0.159 e. The monoisotopic (exact) mass is 232 g/mol. The zero-order valence-electron chi connectivity index (χ0n) is 11.4. The van der Waals surface area contributed by atoms with Crippen LogP contribution in [0.1, 0.15) is 46.5 Å². The van der Waals surface area contributed by atoms with Crippen LogP contribution in [0.4, 0.5) is 0 Å². The Balaban J connectivity index is 2.88. The number of carbonyl (C=O) groups is 1. The minimum absolute atomic E-state index is 0.310. The molecule has 94 valence electrons. The van der Waals surface area contributed by atoms with Crippen LogP contribution in [0.25, 0.3) is 0 Å². The van der Waals surface area contributed by atoms with Crippen LogP contribution in [-0.2, 0) is 4.79 Å². The predicted molar refractivity (Wildman–Crippen MR) is 73.8 cm³/mol. The quantitative estimate of drug-likeness (QED) is 0.505. The number of hydrogen-bond acceptors (Lipinski definition) is 1. The van der Waals surface area contributed by atoms with Gasteiger partial charge in [-0.15, -0.1) is 6.58 Å². The summed E-state index contributed by atoms with van der Waals surface area (Å²) >= 11 is 0. The Bertz CT molecular complexity index is 360. The highest BCUT2D eigenvalue weighted by atomic mass is 16.1. The molecule has 1 rings (SSSR count). The van der Waals surface area contributed by atoms with Gasteiger partial charge in [0.05, 0.1) is 0 Å². The highest BCUT2D eigenvalue weighted by Gasteiger charge is 2.31. The van der Waals surface area contributed by atoms with Crippen LogP contribution in [0.3, 0.4) is 0 Å². The van der Waals surface area contributed by atoms with Crippen LogP contribution in [0, 0.1) is 11.8 Å². The van der Waals surface area contributed by atoms with Gasteiger partial charge in [0, 0.05) is 6.42 Å². The summed E-state index contributed by atoms with van der Waals surface area (Å²) in [4.78, 5) is 12.0. The zero-order valence-corrected chi connectivity index (χ0v) is 11.4. The van der Waals surface area contributed by atoms with Gasteiger partial charge in [0.25, 0.3) is 0 Å². The predicted octanol–water partition coefficient (Wildman–Crippen LogP) is 4.46.